The van der Waals surface area contributed by atoms with E-state index in [0.717, 1.165) is 11.1 Å². The van der Waals surface area contributed by atoms with Gasteiger partial charge >= 0.3 is 11.7 Å². The Labute approximate surface area is 184 Å². The van der Waals surface area contributed by atoms with Crippen molar-refractivity contribution in [2.75, 3.05) is 7.11 Å². The van der Waals surface area contributed by atoms with E-state index < -0.39 is 11.7 Å². The highest BCUT2D eigenvalue weighted by Gasteiger charge is 2.22. The summed E-state index contributed by atoms with van der Waals surface area (Å²) < 4.78 is 13.1. The van der Waals surface area contributed by atoms with Crippen LogP contribution in [-0.2, 0) is 29.2 Å². The second-order valence-electron chi connectivity index (χ2n) is 7.43. The Kier molecular flexibility index (Phi) is 5.93. The fourth-order valence-electron chi connectivity index (χ4n) is 3.56. The van der Waals surface area contributed by atoms with Crippen molar-refractivity contribution in [3.05, 3.63) is 104 Å². The lowest BCUT2D eigenvalue weighted by Crippen LogP contribution is -2.44. The van der Waals surface area contributed by atoms with E-state index in [1.165, 1.54) is 15.3 Å². The van der Waals surface area contributed by atoms with E-state index in [0.29, 0.717) is 17.0 Å². The highest BCUT2D eigenvalue weighted by Crippen LogP contribution is 2.15. The summed E-state index contributed by atoms with van der Waals surface area (Å²) in [6.45, 7) is 2.05. The lowest BCUT2D eigenvalue weighted by Gasteiger charge is -2.22. The van der Waals surface area contributed by atoms with Gasteiger partial charge in [0.05, 0.1) is 25.9 Å². The lowest BCUT2D eigenvalue weighted by molar-refractivity contribution is -0.140. The van der Waals surface area contributed by atoms with Crippen LogP contribution in [0.25, 0.3) is 6.20 Å². The molecule has 0 bridgehead atoms. The Morgan fingerprint density at radius 2 is 1.81 bits per heavy atom. The van der Waals surface area contributed by atoms with Crippen LogP contribution in [0.1, 0.15) is 22.4 Å². The van der Waals surface area contributed by atoms with Crippen LogP contribution in [0.15, 0.2) is 69.9 Å². The first-order valence-corrected chi connectivity index (χ1v) is 10.1. The SMILES string of the molecule is COc1cccc(COC(=O)C2=Cn3c(c(C)c(=O)n(Cc4ccccc4)c3=O)CN2)c1. The Hall–Kier alpha value is -4.07. The van der Waals surface area contributed by atoms with Gasteiger partial charge in [-0.25, -0.2) is 9.59 Å². The molecule has 8 nitrogen and oxygen atoms in total. The highest BCUT2D eigenvalue weighted by atomic mass is 16.5. The molecule has 8 heteroatoms. The zero-order valence-electron chi connectivity index (χ0n) is 17.8. The van der Waals surface area contributed by atoms with Crippen LogP contribution in [0.2, 0.25) is 0 Å². The van der Waals surface area contributed by atoms with Crippen molar-refractivity contribution < 1.29 is 14.3 Å². The van der Waals surface area contributed by atoms with Gasteiger partial charge in [0.1, 0.15) is 18.1 Å². The monoisotopic (exact) mass is 433 g/mol. The minimum absolute atomic E-state index is 0.0589. The Morgan fingerprint density at radius 3 is 2.56 bits per heavy atom. The Bertz CT molecular complexity index is 1310. The van der Waals surface area contributed by atoms with E-state index in [1.807, 2.05) is 42.5 Å². The molecule has 32 heavy (non-hydrogen) atoms. The number of benzene rings is 2. The number of methoxy groups -OCH3 is 1. The zero-order chi connectivity index (χ0) is 22.7. The van der Waals surface area contributed by atoms with Gasteiger partial charge in [-0.1, -0.05) is 42.5 Å². The summed E-state index contributed by atoms with van der Waals surface area (Å²) >= 11 is 0. The number of nitrogens with zero attached hydrogens (tertiary/aromatic N) is 2. The van der Waals surface area contributed by atoms with Crippen LogP contribution < -0.4 is 21.3 Å². The summed E-state index contributed by atoms with van der Waals surface area (Å²) in [6.07, 6.45) is 1.39. The quantitative estimate of drug-likeness (QED) is 0.598. The van der Waals surface area contributed by atoms with E-state index in [-0.39, 0.29) is 31.0 Å². The van der Waals surface area contributed by atoms with Crippen LogP contribution in [0.5, 0.6) is 5.75 Å². The minimum Gasteiger partial charge on any atom is -0.497 e. The van der Waals surface area contributed by atoms with E-state index in [1.54, 1.807) is 26.2 Å². The molecule has 3 aromatic rings. The molecule has 0 spiro atoms. The molecule has 1 aliphatic rings. The molecular weight excluding hydrogens is 410 g/mol. The predicted octanol–water partition coefficient (Wildman–Crippen LogP) is 2.02. The van der Waals surface area contributed by atoms with E-state index in [4.69, 9.17) is 9.47 Å². The van der Waals surface area contributed by atoms with Gasteiger partial charge in [-0.15, -0.1) is 0 Å². The molecule has 2 heterocycles. The number of aromatic nitrogens is 2. The number of ether oxygens (including phenoxy) is 2. The molecule has 164 valence electrons. The summed E-state index contributed by atoms with van der Waals surface area (Å²) in [4.78, 5) is 38.5. The van der Waals surface area contributed by atoms with Gasteiger partial charge in [0, 0.05) is 11.8 Å². The number of esters is 1. The number of hydrogen-bond donors (Lipinski definition) is 1. The van der Waals surface area contributed by atoms with Gasteiger partial charge in [0.15, 0.2) is 0 Å². The van der Waals surface area contributed by atoms with E-state index in [2.05, 4.69) is 5.32 Å². The molecule has 1 aromatic heterocycles. The maximum atomic E-state index is 13.1. The molecule has 0 unspecified atom stereocenters. The van der Waals surface area contributed by atoms with Crippen molar-refractivity contribution in [1.82, 2.24) is 14.5 Å². The smallest absolute Gasteiger partial charge is 0.356 e. The van der Waals surface area contributed by atoms with Crippen molar-refractivity contribution in [3.8, 4) is 5.75 Å². The Balaban J connectivity index is 1.61. The molecule has 4 rings (SSSR count). The average Bonchev–Trinajstić information content (AvgIpc) is 2.84. The van der Waals surface area contributed by atoms with Crippen LogP contribution in [0.3, 0.4) is 0 Å². The maximum absolute atomic E-state index is 13.1. The topological polar surface area (TPSA) is 91.6 Å². The van der Waals surface area contributed by atoms with Crippen LogP contribution in [-0.4, -0.2) is 22.2 Å². The molecule has 2 aromatic carbocycles. The van der Waals surface area contributed by atoms with Crippen molar-refractivity contribution >= 4 is 12.2 Å². The van der Waals surface area contributed by atoms with Crippen LogP contribution in [0.4, 0.5) is 0 Å². The molecule has 0 saturated heterocycles. The highest BCUT2D eigenvalue weighted by molar-refractivity contribution is 5.91. The van der Waals surface area contributed by atoms with Crippen molar-refractivity contribution in [2.24, 2.45) is 0 Å². The first-order chi connectivity index (χ1) is 15.5. The normalized spacial score (nSPS) is 12.4. The number of nitrogens with one attached hydrogen (secondary N) is 1. The van der Waals surface area contributed by atoms with Crippen molar-refractivity contribution in [2.45, 2.75) is 26.6 Å². The molecule has 0 amide bonds. The van der Waals surface area contributed by atoms with E-state index >= 15 is 0 Å². The first kappa shape index (κ1) is 21.2. The van der Waals surface area contributed by atoms with Gasteiger partial charge in [-0.2, -0.15) is 0 Å². The summed E-state index contributed by atoms with van der Waals surface area (Å²) in [5.41, 5.74) is 1.89. The number of carbonyl (C=O) groups is 1. The van der Waals surface area contributed by atoms with Crippen LogP contribution in [0, 0.1) is 6.92 Å². The lowest BCUT2D eigenvalue weighted by atomic mass is 10.2. The summed E-state index contributed by atoms with van der Waals surface area (Å²) in [6, 6.07) is 16.5. The molecule has 0 radical (unpaired) electrons. The summed E-state index contributed by atoms with van der Waals surface area (Å²) in [5.74, 6) is 0.0738. The summed E-state index contributed by atoms with van der Waals surface area (Å²) in [5, 5.41) is 2.95. The van der Waals surface area contributed by atoms with Gasteiger partial charge in [-0.05, 0) is 30.2 Å². The Morgan fingerprint density at radius 1 is 1.06 bits per heavy atom. The fourth-order valence-corrected chi connectivity index (χ4v) is 3.56. The molecule has 0 saturated carbocycles. The van der Waals surface area contributed by atoms with Gasteiger partial charge < -0.3 is 14.8 Å². The molecule has 0 aliphatic carbocycles. The minimum atomic E-state index is -0.594. The number of fused-ring (bicyclic) bond motifs is 1. The molecule has 0 atom stereocenters. The summed E-state index contributed by atoms with van der Waals surface area (Å²) in [7, 11) is 1.57. The first-order valence-electron chi connectivity index (χ1n) is 10.1. The van der Waals surface area contributed by atoms with Gasteiger partial charge in [0.2, 0.25) is 0 Å². The molecular formula is C24H23N3O5. The third kappa shape index (κ3) is 4.20. The standard InChI is InChI=1S/C24H23N3O5/c1-16-21-12-25-20(23(29)32-15-18-9-6-10-19(11-18)31-2)14-26(21)24(30)27(22(16)28)13-17-7-4-3-5-8-17/h3-11,14,25H,12-13,15H2,1-2H3. The van der Waals surface area contributed by atoms with Gasteiger partial charge in [-0.3, -0.25) is 13.9 Å². The molecule has 0 fully saturated rings. The second kappa shape index (κ2) is 8.97. The second-order valence-corrected chi connectivity index (χ2v) is 7.43. The predicted molar refractivity (Wildman–Crippen MR) is 119 cm³/mol. The average molecular weight is 433 g/mol. The molecule has 1 N–H and O–H groups in total. The fraction of sp³-hybridized carbons (Fsp3) is 0.208. The van der Waals surface area contributed by atoms with Crippen molar-refractivity contribution in [3.63, 3.8) is 0 Å². The third-order valence-corrected chi connectivity index (χ3v) is 5.34. The van der Waals surface area contributed by atoms with Crippen LogP contribution >= 0.6 is 0 Å². The largest absolute Gasteiger partial charge is 0.497 e. The number of hydrogen-bond acceptors (Lipinski definition) is 6. The number of rotatable bonds is 6. The molecule has 1 aliphatic heterocycles. The van der Waals surface area contributed by atoms with Gasteiger partial charge in [0.25, 0.3) is 5.56 Å². The van der Waals surface area contributed by atoms with E-state index in [9.17, 15) is 14.4 Å². The zero-order valence-corrected chi connectivity index (χ0v) is 17.8. The van der Waals surface area contributed by atoms with Crippen molar-refractivity contribution in [1.29, 1.82) is 0 Å². The number of carbonyl (C=O) groups excluding carboxylic acids is 1. The maximum Gasteiger partial charge on any atom is 0.356 e. The third-order valence-electron chi connectivity index (χ3n) is 5.34.